The van der Waals surface area contributed by atoms with Crippen molar-refractivity contribution in [3.8, 4) is 5.75 Å². The zero-order valence-corrected chi connectivity index (χ0v) is 22.0. The van der Waals surface area contributed by atoms with E-state index in [4.69, 9.17) is 11.6 Å². The van der Waals surface area contributed by atoms with Crippen molar-refractivity contribution in [2.45, 2.75) is 25.7 Å². The lowest BCUT2D eigenvalue weighted by molar-refractivity contribution is -0.123. The number of phenolic OH excluding ortho intramolecular Hbond substituents is 1. The van der Waals surface area contributed by atoms with Gasteiger partial charge in [0.05, 0.1) is 17.5 Å². The maximum absolute atomic E-state index is 13.8. The number of rotatable bonds is 2. The van der Waals surface area contributed by atoms with E-state index in [2.05, 4.69) is 15.9 Å². The molecule has 6 nitrogen and oxygen atoms in total. The maximum atomic E-state index is 13.8. The van der Waals surface area contributed by atoms with Crippen molar-refractivity contribution in [2.75, 3.05) is 4.90 Å². The summed E-state index contributed by atoms with van der Waals surface area (Å²) in [6.07, 6.45) is 3.86. The molecule has 0 radical (unpaired) electrons. The molecule has 6 rings (SSSR count). The second-order valence-electron chi connectivity index (χ2n) is 9.92. The molecule has 186 valence electrons. The third-order valence-electron chi connectivity index (χ3n) is 7.94. The van der Waals surface area contributed by atoms with Crippen LogP contribution in [0.4, 0.5) is 5.69 Å². The third kappa shape index (κ3) is 3.59. The van der Waals surface area contributed by atoms with Gasteiger partial charge in [-0.05, 0) is 73.7 Å². The van der Waals surface area contributed by atoms with E-state index in [-0.39, 0.29) is 40.6 Å². The highest BCUT2D eigenvalue weighted by molar-refractivity contribution is 9.10. The summed E-state index contributed by atoms with van der Waals surface area (Å²) >= 11 is 9.95. The predicted octanol–water partition coefficient (Wildman–Crippen LogP) is 5.44. The normalized spacial score (nSPS) is 27.1. The van der Waals surface area contributed by atoms with Crippen molar-refractivity contribution in [3.63, 3.8) is 0 Å². The molecule has 1 fully saturated rings. The molecule has 0 unspecified atom stereocenters. The van der Waals surface area contributed by atoms with Crippen LogP contribution in [0.1, 0.15) is 31.2 Å². The molecule has 1 N–H and O–H groups in total. The molecule has 0 bridgehead atoms. The minimum atomic E-state index is -0.655. The van der Waals surface area contributed by atoms with Crippen LogP contribution in [0.15, 0.2) is 81.4 Å². The minimum absolute atomic E-state index is 0.0171. The third-order valence-corrected chi connectivity index (χ3v) is 8.80. The van der Waals surface area contributed by atoms with E-state index >= 15 is 0 Å². The average molecular weight is 579 g/mol. The Morgan fingerprint density at radius 3 is 2.43 bits per heavy atom. The van der Waals surface area contributed by atoms with Crippen molar-refractivity contribution in [3.05, 3.63) is 92.0 Å². The summed E-state index contributed by atoms with van der Waals surface area (Å²) in [6.45, 7) is 1.61. The quantitative estimate of drug-likeness (QED) is 0.291. The number of benzene rings is 2. The fraction of sp³-hybridized carbons (Fsp3) is 0.241. The standard InChI is InChI=1S/C29H21BrClNO5/c1-13-10-23(34)26-21(27(13)35)12-20-17(24(26)18-7-6-16(33)11-22(18)31)8-9-19-25(20)29(37)32(28(19)36)15-4-2-14(30)3-5-15/h2-8,10-11,19-20,24-25,33H,9,12H2,1H3/t19-,20+,24+,25-/m0/s1. The number of hydrogen-bond acceptors (Lipinski definition) is 5. The Morgan fingerprint density at radius 1 is 1.00 bits per heavy atom. The highest BCUT2D eigenvalue weighted by Crippen LogP contribution is 2.56. The van der Waals surface area contributed by atoms with Gasteiger partial charge in [0, 0.05) is 32.1 Å². The Balaban J connectivity index is 1.50. The number of amides is 2. The summed E-state index contributed by atoms with van der Waals surface area (Å²) in [4.78, 5) is 55.2. The summed E-state index contributed by atoms with van der Waals surface area (Å²) in [5, 5.41) is 10.2. The number of halogens is 2. The fourth-order valence-corrected chi connectivity index (χ4v) is 6.88. The van der Waals surface area contributed by atoms with Crippen molar-refractivity contribution < 1.29 is 24.3 Å². The van der Waals surface area contributed by atoms with E-state index in [1.165, 1.54) is 23.1 Å². The van der Waals surface area contributed by atoms with Gasteiger partial charge < -0.3 is 5.11 Å². The van der Waals surface area contributed by atoms with E-state index in [0.29, 0.717) is 34.4 Å². The minimum Gasteiger partial charge on any atom is -0.508 e. The van der Waals surface area contributed by atoms with Crippen LogP contribution in [0.2, 0.25) is 5.02 Å². The summed E-state index contributed by atoms with van der Waals surface area (Å²) in [6, 6.07) is 11.6. The SMILES string of the molecule is CC1=CC(=O)C2=C(C[C@@H]3C(=CC[C@@H]4C(=O)N(c5ccc(Br)cc5)C(=O)[C@@H]43)[C@@H]2c2ccc(O)cc2Cl)C1=O. The number of ketones is 2. The average Bonchev–Trinajstić information content (AvgIpc) is 3.12. The van der Waals surface area contributed by atoms with E-state index in [1.807, 2.05) is 6.08 Å². The van der Waals surface area contributed by atoms with Crippen molar-refractivity contribution in [2.24, 2.45) is 17.8 Å². The Hall–Kier alpha value is -3.29. The molecular formula is C29H21BrClNO5. The van der Waals surface area contributed by atoms with Gasteiger partial charge in [0.1, 0.15) is 5.75 Å². The van der Waals surface area contributed by atoms with Crippen LogP contribution in [0.25, 0.3) is 0 Å². The molecule has 2 amide bonds. The first-order chi connectivity index (χ1) is 17.7. The molecule has 2 aromatic carbocycles. The molecule has 3 aliphatic carbocycles. The molecule has 1 aliphatic heterocycles. The van der Waals surface area contributed by atoms with E-state index in [0.717, 1.165) is 10.0 Å². The molecule has 1 saturated heterocycles. The van der Waals surface area contributed by atoms with Crippen LogP contribution in [0, 0.1) is 17.8 Å². The second kappa shape index (κ2) is 8.64. The molecule has 1 heterocycles. The fourth-order valence-electron chi connectivity index (χ4n) is 6.33. The van der Waals surface area contributed by atoms with Gasteiger partial charge in [0.2, 0.25) is 11.8 Å². The number of carbonyl (C=O) groups excluding carboxylic acids is 4. The first-order valence-corrected chi connectivity index (χ1v) is 13.2. The molecule has 0 saturated carbocycles. The van der Waals surface area contributed by atoms with Crippen molar-refractivity contribution in [1.29, 1.82) is 0 Å². The molecule has 8 heteroatoms. The molecule has 37 heavy (non-hydrogen) atoms. The van der Waals surface area contributed by atoms with Gasteiger partial charge in [-0.25, -0.2) is 0 Å². The largest absolute Gasteiger partial charge is 0.508 e. The van der Waals surface area contributed by atoms with Gasteiger partial charge in [-0.2, -0.15) is 0 Å². The second-order valence-corrected chi connectivity index (χ2v) is 11.2. The van der Waals surface area contributed by atoms with Crippen LogP contribution in [-0.2, 0) is 19.2 Å². The Bertz CT molecular complexity index is 1520. The first kappa shape index (κ1) is 24.1. The number of carbonyl (C=O) groups is 4. The van der Waals surface area contributed by atoms with Gasteiger partial charge >= 0.3 is 0 Å². The number of fused-ring (bicyclic) bond motifs is 3. The van der Waals surface area contributed by atoms with E-state index < -0.39 is 23.7 Å². The topological polar surface area (TPSA) is 91.8 Å². The molecule has 0 aromatic heterocycles. The highest BCUT2D eigenvalue weighted by atomic mass is 79.9. The number of hydrogen-bond donors (Lipinski definition) is 1. The van der Waals surface area contributed by atoms with Crippen LogP contribution in [0.3, 0.4) is 0 Å². The number of imide groups is 1. The van der Waals surface area contributed by atoms with Gasteiger partial charge in [0.15, 0.2) is 11.6 Å². The van der Waals surface area contributed by atoms with Gasteiger partial charge in [-0.3, -0.25) is 24.1 Å². The number of nitrogens with zero attached hydrogens (tertiary/aromatic N) is 1. The molecule has 4 aliphatic rings. The van der Waals surface area contributed by atoms with Crippen LogP contribution in [-0.4, -0.2) is 28.5 Å². The summed E-state index contributed by atoms with van der Waals surface area (Å²) in [5.41, 5.74) is 3.00. The van der Waals surface area contributed by atoms with Gasteiger partial charge in [-0.1, -0.05) is 45.2 Å². The number of allylic oxidation sites excluding steroid dienone is 6. The monoisotopic (exact) mass is 577 g/mol. The maximum Gasteiger partial charge on any atom is 0.238 e. The summed E-state index contributed by atoms with van der Waals surface area (Å²) in [7, 11) is 0. The smallest absolute Gasteiger partial charge is 0.238 e. The van der Waals surface area contributed by atoms with Crippen LogP contribution >= 0.6 is 27.5 Å². The lowest BCUT2D eigenvalue weighted by Crippen LogP contribution is -2.39. The van der Waals surface area contributed by atoms with Gasteiger partial charge in [0.25, 0.3) is 0 Å². The van der Waals surface area contributed by atoms with E-state index in [1.54, 1.807) is 37.3 Å². The summed E-state index contributed by atoms with van der Waals surface area (Å²) in [5.74, 6) is -3.34. The molecule has 0 spiro atoms. The lowest BCUT2D eigenvalue weighted by atomic mass is 9.59. The summed E-state index contributed by atoms with van der Waals surface area (Å²) < 4.78 is 0.834. The molecule has 2 aromatic rings. The zero-order valence-electron chi connectivity index (χ0n) is 19.7. The molecule has 4 atom stereocenters. The number of Topliss-reactive ketones (excluding diaryl/α,β-unsaturated/α-hetero) is 1. The van der Waals surface area contributed by atoms with Gasteiger partial charge in [-0.15, -0.1) is 0 Å². The van der Waals surface area contributed by atoms with Crippen LogP contribution in [0.5, 0.6) is 5.75 Å². The highest BCUT2D eigenvalue weighted by Gasteiger charge is 2.56. The Kier molecular flexibility index (Phi) is 5.62. The first-order valence-electron chi connectivity index (χ1n) is 12.0. The molecular weight excluding hydrogens is 558 g/mol. The van der Waals surface area contributed by atoms with Crippen molar-refractivity contribution in [1.82, 2.24) is 0 Å². The number of phenols is 1. The van der Waals surface area contributed by atoms with E-state index in [9.17, 15) is 24.3 Å². The Labute approximate surface area is 226 Å². The number of anilines is 1. The number of aromatic hydroxyl groups is 1. The lowest BCUT2D eigenvalue weighted by Gasteiger charge is -2.42. The van der Waals surface area contributed by atoms with Crippen molar-refractivity contribution >= 4 is 56.6 Å². The van der Waals surface area contributed by atoms with Crippen LogP contribution < -0.4 is 4.90 Å². The zero-order chi connectivity index (χ0) is 26.2. The Morgan fingerprint density at radius 2 is 1.73 bits per heavy atom. The predicted molar refractivity (Wildman–Crippen MR) is 141 cm³/mol.